The van der Waals surface area contributed by atoms with Gasteiger partial charge < -0.3 is 9.64 Å². The number of nitro groups is 1. The van der Waals surface area contributed by atoms with Crippen LogP contribution in [0.2, 0.25) is 0 Å². The number of benzene rings is 1. The van der Waals surface area contributed by atoms with Gasteiger partial charge in [0.1, 0.15) is 0 Å². The fourth-order valence-electron chi connectivity index (χ4n) is 4.45. The zero-order valence-corrected chi connectivity index (χ0v) is 13.7. The molecule has 24 heavy (non-hydrogen) atoms. The van der Waals surface area contributed by atoms with Crippen LogP contribution in [0.5, 0.6) is 0 Å². The normalized spacial score (nSPS) is 26.8. The average Bonchev–Trinajstić information content (AvgIpc) is 3.01. The number of non-ortho nitro benzene ring substituents is 1. The maximum atomic E-state index is 11.1. The quantitative estimate of drug-likeness (QED) is 0.625. The summed E-state index contributed by atoms with van der Waals surface area (Å²) in [7, 11) is 1.57. The Hall–Kier alpha value is -2.64. The molecule has 0 amide bonds. The summed E-state index contributed by atoms with van der Waals surface area (Å²) in [4.78, 5) is 12.7. The lowest BCUT2D eigenvalue weighted by atomic mass is 9.58. The minimum absolute atomic E-state index is 0.0242. The van der Waals surface area contributed by atoms with E-state index in [0.29, 0.717) is 18.5 Å². The van der Waals surface area contributed by atoms with Crippen LogP contribution in [0.15, 0.2) is 18.2 Å². The molecule has 0 N–H and O–H groups in total. The minimum Gasteiger partial charge on any atom is -0.382 e. The molecule has 1 fully saturated rings. The molecule has 1 saturated heterocycles. The maximum Gasteiger partial charge on any atom is 0.269 e. The molecule has 0 saturated carbocycles. The van der Waals surface area contributed by atoms with Crippen LogP contribution >= 0.6 is 0 Å². The highest BCUT2D eigenvalue weighted by molar-refractivity contribution is 5.67. The summed E-state index contributed by atoms with van der Waals surface area (Å²) >= 11 is 0. The van der Waals surface area contributed by atoms with E-state index < -0.39 is 21.8 Å². The third-order valence-corrected chi connectivity index (χ3v) is 5.59. The Morgan fingerprint density at radius 2 is 2.17 bits per heavy atom. The molecular formula is C17H18N4O3. The van der Waals surface area contributed by atoms with Crippen molar-refractivity contribution in [2.45, 2.75) is 31.2 Å². The SMILES string of the molecule is COC[C@]12CCCN1c1ccc([N+](=O)[O-])cc1[C@@H](C)C2(C#N)C#N. The van der Waals surface area contributed by atoms with Crippen LogP contribution in [-0.2, 0) is 4.74 Å². The maximum absolute atomic E-state index is 11.1. The smallest absolute Gasteiger partial charge is 0.269 e. The van der Waals surface area contributed by atoms with Crippen molar-refractivity contribution in [3.63, 3.8) is 0 Å². The van der Waals surface area contributed by atoms with Gasteiger partial charge in [0, 0.05) is 37.4 Å². The van der Waals surface area contributed by atoms with Crippen molar-refractivity contribution in [1.29, 1.82) is 10.5 Å². The van der Waals surface area contributed by atoms with E-state index in [4.69, 9.17) is 4.74 Å². The molecule has 2 heterocycles. The van der Waals surface area contributed by atoms with Crippen LogP contribution in [0.3, 0.4) is 0 Å². The van der Waals surface area contributed by atoms with Gasteiger partial charge in [-0.25, -0.2) is 0 Å². The molecule has 1 aromatic carbocycles. The van der Waals surface area contributed by atoms with E-state index in [2.05, 4.69) is 17.0 Å². The van der Waals surface area contributed by atoms with Gasteiger partial charge in [0.05, 0.1) is 29.2 Å². The third-order valence-electron chi connectivity index (χ3n) is 5.59. The average molecular weight is 326 g/mol. The first-order valence-corrected chi connectivity index (χ1v) is 7.85. The van der Waals surface area contributed by atoms with Gasteiger partial charge in [-0.1, -0.05) is 6.92 Å². The second kappa shape index (κ2) is 5.47. The molecule has 2 aliphatic heterocycles. The zero-order valence-electron chi connectivity index (χ0n) is 13.7. The van der Waals surface area contributed by atoms with E-state index in [1.54, 1.807) is 13.2 Å². The number of nitro benzene ring substituents is 1. The Bertz CT molecular complexity index is 765. The van der Waals surface area contributed by atoms with Gasteiger partial charge in [0.15, 0.2) is 5.41 Å². The molecule has 0 spiro atoms. The standard InChI is InChI=1S/C17H18N4O3/c1-12-14-8-13(21(22)23)4-5-15(14)20-7-3-6-17(20,11-24-2)16(12,9-18)10-19/h4-5,8,12H,3,6-7,11H2,1-2H3/t12-,17+/m1/s1. The predicted molar refractivity (Wildman–Crippen MR) is 86.4 cm³/mol. The number of ether oxygens (including phenoxy) is 1. The second-order valence-corrected chi connectivity index (χ2v) is 6.47. The summed E-state index contributed by atoms with van der Waals surface area (Å²) in [6.07, 6.45) is 1.53. The topological polar surface area (TPSA) is 103 Å². The molecule has 7 nitrogen and oxygen atoms in total. The van der Waals surface area contributed by atoms with Crippen molar-refractivity contribution in [2.75, 3.05) is 25.2 Å². The third kappa shape index (κ3) is 1.79. The van der Waals surface area contributed by atoms with Gasteiger partial charge >= 0.3 is 0 Å². The first kappa shape index (κ1) is 16.2. The van der Waals surface area contributed by atoms with Gasteiger partial charge in [-0.3, -0.25) is 10.1 Å². The molecule has 0 aromatic heterocycles. The summed E-state index contributed by atoms with van der Waals surface area (Å²) in [5.74, 6) is -0.452. The zero-order chi connectivity index (χ0) is 17.5. The molecule has 2 atom stereocenters. The molecule has 0 aliphatic carbocycles. The highest BCUT2D eigenvalue weighted by atomic mass is 16.6. The Kier molecular flexibility index (Phi) is 3.70. The highest BCUT2D eigenvalue weighted by Crippen LogP contribution is 2.58. The van der Waals surface area contributed by atoms with Crippen LogP contribution in [0.25, 0.3) is 0 Å². The second-order valence-electron chi connectivity index (χ2n) is 6.47. The number of methoxy groups -OCH3 is 1. The van der Waals surface area contributed by atoms with E-state index in [-0.39, 0.29) is 12.3 Å². The lowest BCUT2D eigenvalue weighted by Gasteiger charge is -2.53. The predicted octanol–water partition coefficient (Wildman–Crippen LogP) is 2.73. The molecule has 3 rings (SSSR count). The van der Waals surface area contributed by atoms with Crippen molar-refractivity contribution in [3.8, 4) is 12.1 Å². The van der Waals surface area contributed by atoms with Gasteiger partial charge in [-0.15, -0.1) is 0 Å². The number of hydrogen-bond donors (Lipinski definition) is 0. The minimum atomic E-state index is -1.32. The number of rotatable bonds is 3. The molecule has 0 unspecified atom stereocenters. The molecule has 0 bridgehead atoms. The fourth-order valence-corrected chi connectivity index (χ4v) is 4.45. The van der Waals surface area contributed by atoms with Crippen molar-refractivity contribution in [1.82, 2.24) is 0 Å². The van der Waals surface area contributed by atoms with Crippen LogP contribution in [0.4, 0.5) is 11.4 Å². The van der Waals surface area contributed by atoms with Crippen molar-refractivity contribution in [3.05, 3.63) is 33.9 Å². The molecule has 2 aliphatic rings. The molecule has 1 aromatic rings. The lowest BCUT2D eigenvalue weighted by Crippen LogP contribution is -2.63. The number of hydrogen-bond acceptors (Lipinski definition) is 6. The largest absolute Gasteiger partial charge is 0.382 e. The van der Waals surface area contributed by atoms with Gasteiger partial charge in [-0.2, -0.15) is 10.5 Å². The Morgan fingerprint density at radius 3 is 2.75 bits per heavy atom. The molecule has 7 heteroatoms. The van der Waals surface area contributed by atoms with Crippen LogP contribution < -0.4 is 4.90 Å². The Labute approximate surface area is 140 Å². The monoisotopic (exact) mass is 326 g/mol. The number of nitriles is 2. The van der Waals surface area contributed by atoms with E-state index in [9.17, 15) is 20.6 Å². The van der Waals surface area contributed by atoms with Gasteiger partial charge in [0.2, 0.25) is 0 Å². The van der Waals surface area contributed by atoms with Gasteiger partial charge in [-0.05, 0) is 24.5 Å². The van der Waals surface area contributed by atoms with Crippen molar-refractivity contribution >= 4 is 11.4 Å². The number of anilines is 1. The first-order chi connectivity index (χ1) is 11.5. The summed E-state index contributed by atoms with van der Waals surface area (Å²) in [6.45, 7) is 2.78. The number of fused-ring (bicyclic) bond motifs is 3. The summed E-state index contributed by atoms with van der Waals surface area (Å²) in [6, 6.07) is 9.21. The molecule has 0 radical (unpaired) electrons. The highest BCUT2D eigenvalue weighted by Gasteiger charge is 2.64. The molecule has 124 valence electrons. The summed E-state index contributed by atoms with van der Waals surface area (Å²) in [5, 5.41) is 31.1. The Morgan fingerprint density at radius 1 is 1.46 bits per heavy atom. The van der Waals surface area contributed by atoms with Gasteiger partial charge in [0.25, 0.3) is 5.69 Å². The van der Waals surface area contributed by atoms with Crippen LogP contribution in [-0.4, -0.2) is 30.7 Å². The van der Waals surface area contributed by atoms with E-state index >= 15 is 0 Å². The summed E-state index contributed by atoms with van der Waals surface area (Å²) < 4.78 is 5.42. The van der Waals surface area contributed by atoms with Crippen molar-refractivity contribution in [2.24, 2.45) is 5.41 Å². The Balaban J connectivity index is 2.30. The van der Waals surface area contributed by atoms with E-state index in [1.165, 1.54) is 12.1 Å². The van der Waals surface area contributed by atoms with Crippen LogP contribution in [0, 0.1) is 38.2 Å². The number of nitrogens with zero attached hydrogens (tertiary/aromatic N) is 4. The van der Waals surface area contributed by atoms with Crippen molar-refractivity contribution < 1.29 is 9.66 Å². The molecular weight excluding hydrogens is 308 g/mol. The van der Waals surface area contributed by atoms with Crippen LogP contribution in [0.1, 0.15) is 31.2 Å². The fraction of sp³-hybridized carbons (Fsp3) is 0.529. The van der Waals surface area contributed by atoms with E-state index in [0.717, 1.165) is 12.1 Å². The summed E-state index contributed by atoms with van der Waals surface area (Å²) in [5.41, 5.74) is -0.524. The van der Waals surface area contributed by atoms with E-state index in [1.807, 2.05) is 6.92 Å². The first-order valence-electron chi connectivity index (χ1n) is 7.85. The lowest BCUT2D eigenvalue weighted by molar-refractivity contribution is -0.384.